The van der Waals surface area contributed by atoms with Gasteiger partial charge in [-0.15, -0.1) is 13.2 Å². The van der Waals surface area contributed by atoms with Gasteiger partial charge in [0.05, 0.1) is 6.61 Å². The largest absolute Gasteiger partial charge is 0.573 e. The van der Waals surface area contributed by atoms with Crippen molar-refractivity contribution in [3.63, 3.8) is 0 Å². The van der Waals surface area contributed by atoms with Crippen molar-refractivity contribution in [2.24, 2.45) is 0 Å². The highest BCUT2D eigenvalue weighted by Gasteiger charge is 2.31. The van der Waals surface area contributed by atoms with Crippen LogP contribution >= 0.6 is 0 Å². The molecule has 0 radical (unpaired) electrons. The third kappa shape index (κ3) is 6.12. The molecule has 1 heterocycles. The Bertz CT molecular complexity index is 817. The molecule has 0 bridgehead atoms. The van der Waals surface area contributed by atoms with Crippen molar-refractivity contribution < 1.29 is 27.4 Å². The highest BCUT2D eigenvalue weighted by atomic mass is 19.4. The van der Waals surface area contributed by atoms with Gasteiger partial charge in [0.25, 0.3) is 5.91 Å². The second-order valence-corrected chi connectivity index (χ2v) is 6.72. The number of carbonyl (C=O) groups is 1. The molecule has 5 nitrogen and oxygen atoms in total. The molecule has 1 amide bonds. The van der Waals surface area contributed by atoms with E-state index in [4.69, 9.17) is 4.74 Å². The quantitative estimate of drug-likeness (QED) is 0.726. The second-order valence-electron chi connectivity index (χ2n) is 6.72. The van der Waals surface area contributed by atoms with E-state index >= 15 is 0 Å². The summed E-state index contributed by atoms with van der Waals surface area (Å²) in [5.74, 6) is 0.417. The molecule has 2 aromatic rings. The third-order valence-electron chi connectivity index (χ3n) is 4.61. The van der Waals surface area contributed by atoms with E-state index in [1.165, 1.54) is 12.1 Å². The van der Waals surface area contributed by atoms with Gasteiger partial charge in [0.2, 0.25) is 0 Å². The van der Waals surface area contributed by atoms with Gasteiger partial charge in [-0.05, 0) is 42.8 Å². The summed E-state index contributed by atoms with van der Waals surface area (Å²) in [5, 5.41) is 0. The first-order valence-corrected chi connectivity index (χ1v) is 9.43. The monoisotopic (exact) mass is 408 g/mol. The molecule has 0 spiro atoms. The summed E-state index contributed by atoms with van der Waals surface area (Å²) < 4.78 is 46.0. The molecule has 1 fully saturated rings. The second kappa shape index (κ2) is 9.17. The normalized spacial score (nSPS) is 15.2. The zero-order valence-electron chi connectivity index (χ0n) is 16.1. The average Bonchev–Trinajstić information content (AvgIpc) is 2.69. The van der Waals surface area contributed by atoms with Gasteiger partial charge in [-0.25, -0.2) is 0 Å². The molecular formula is C21H23F3N2O3. The average molecular weight is 408 g/mol. The summed E-state index contributed by atoms with van der Waals surface area (Å²) in [4.78, 5) is 16.7. The Morgan fingerprint density at radius 3 is 2.31 bits per heavy atom. The number of piperazine rings is 1. The Morgan fingerprint density at radius 1 is 1.00 bits per heavy atom. The first-order chi connectivity index (χ1) is 13.8. The number of hydrogen-bond donors (Lipinski definition) is 0. The first-order valence-electron chi connectivity index (χ1n) is 9.43. The van der Waals surface area contributed by atoms with Crippen molar-refractivity contribution in [1.29, 1.82) is 0 Å². The lowest BCUT2D eigenvalue weighted by Crippen LogP contribution is -2.48. The molecule has 29 heavy (non-hydrogen) atoms. The maximum absolute atomic E-state index is 12.7. The van der Waals surface area contributed by atoms with Crippen molar-refractivity contribution in [2.75, 3.05) is 32.8 Å². The molecule has 1 aliphatic heterocycles. The van der Waals surface area contributed by atoms with Crippen LogP contribution in [0, 0.1) is 0 Å². The molecular weight excluding hydrogens is 385 g/mol. The van der Waals surface area contributed by atoms with Crippen LogP contribution in [0.4, 0.5) is 13.2 Å². The predicted molar refractivity (Wildman–Crippen MR) is 102 cm³/mol. The van der Waals surface area contributed by atoms with Crippen LogP contribution in [0.25, 0.3) is 0 Å². The number of halogens is 3. The van der Waals surface area contributed by atoms with E-state index in [0.717, 1.165) is 5.56 Å². The summed E-state index contributed by atoms with van der Waals surface area (Å²) in [6.07, 6.45) is -4.69. The molecule has 0 saturated carbocycles. The van der Waals surface area contributed by atoms with E-state index in [1.807, 2.05) is 17.9 Å². The molecule has 0 aliphatic carbocycles. The Kier molecular flexibility index (Phi) is 6.64. The van der Waals surface area contributed by atoms with Crippen molar-refractivity contribution in [3.05, 3.63) is 59.7 Å². The molecule has 0 unspecified atom stereocenters. The number of alkyl halides is 3. The lowest BCUT2D eigenvalue weighted by Gasteiger charge is -2.34. The zero-order valence-corrected chi connectivity index (χ0v) is 16.1. The van der Waals surface area contributed by atoms with E-state index in [9.17, 15) is 18.0 Å². The Labute approximate surface area is 167 Å². The van der Waals surface area contributed by atoms with Gasteiger partial charge >= 0.3 is 6.36 Å². The Morgan fingerprint density at radius 2 is 1.69 bits per heavy atom. The van der Waals surface area contributed by atoms with Gasteiger partial charge < -0.3 is 14.4 Å². The lowest BCUT2D eigenvalue weighted by atomic mass is 10.1. The van der Waals surface area contributed by atoms with Crippen molar-refractivity contribution in [3.8, 4) is 11.5 Å². The van der Waals surface area contributed by atoms with E-state index in [-0.39, 0.29) is 11.7 Å². The molecule has 0 N–H and O–H groups in total. The fraction of sp³-hybridized carbons (Fsp3) is 0.381. The van der Waals surface area contributed by atoms with Crippen molar-refractivity contribution in [2.45, 2.75) is 19.8 Å². The fourth-order valence-electron chi connectivity index (χ4n) is 3.23. The molecule has 3 rings (SSSR count). The number of rotatable bonds is 6. The summed E-state index contributed by atoms with van der Waals surface area (Å²) in [6.45, 7) is 5.60. The van der Waals surface area contributed by atoms with Crippen molar-refractivity contribution >= 4 is 5.91 Å². The van der Waals surface area contributed by atoms with Crippen LogP contribution in [-0.2, 0) is 6.54 Å². The van der Waals surface area contributed by atoms with Crippen LogP contribution in [0.3, 0.4) is 0 Å². The SMILES string of the molecule is CCOc1cccc(C(=O)N2CCN(Cc3ccc(OC(F)(F)F)cc3)CC2)c1. The molecule has 156 valence electrons. The summed E-state index contributed by atoms with van der Waals surface area (Å²) >= 11 is 0. The van der Waals surface area contributed by atoms with Crippen molar-refractivity contribution in [1.82, 2.24) is 9.80 Å². The van der Waals surface area contributed by atoms with E-state index in [1.54, 1.807) is 30.3 Å². The first kappa shape index (κ1) is 21.0. The number of nitrogens with zero attached hydrogens (tertiary/aromatic N) is 2. The smallest absolute Gasteiger partial charge is 0.494 e. The number of hydrogen-bond acceptors (Lipinski definition) is 4. The third-order valence-corrected chi connectivity index (χ3v) is 4.61. The van der Waals surface area contributed by atoms with Gasteiger partial charge in [0.15, 0.2) is 0 Å². The molecule has 0 aromatic heterocycles. The van der Waals surface area contributed by atoms with Crippen LogP contribution in [0.5, 0.6) is 11.5 Å². The minimum absolute atomic E-state index is 0.0279. The summed E-state index contributed by atoms with van der Waals surface area (Å²) in [7, 11) is 0. The predicted octanol–water partition coefficient (Wildman–Crippen LogP) is 3.94. The van der Waals surface area contributed by atoms with E-state index < -0.39 is 6.36 Å². The minimum Gasteiger partial charge on any atom is -0.494 e. The zero-order chi connectivity index (χ0) is 20.9. The molecule has 2 aromatic carbocycles. The van der Waals surface area contributed by atoms with Gasteiger partial charge in [0.1, 0.15) is 11.5 Å². The van der Waals surface area contributed by atoms with Gasteiger partial charge in [-0.1, -0.05) is 18.2 Å². The molecule has 8 heteroatoms. The Hall–Kier alpha value is -2.74. The lowest BCUT2D eigenvalue weighted by molar-refractivity contribution is -0.274. The highest BCUT2D eigenvalue weighted by Crippen LogP contribution is 2.23. The Balaban J connectivity index is 1.51. The number of benzene rings is 2. The van der Waals surface area contributed by atoms with Gasteiger partial charge in [-0.2, -0.15) is 0 Å². The van der Waals surface area contributed by atoms with Crippen LogP contribution in [0.1, 0.15) is 22.8 Å². The van der Waals surface area contributed by atoms with Crippen LogP contribution in [-0.4, -0.2) is 54.9 Å². The van der Waals surface area contributed by atoms with E-state index in [2.05, 4.69) is 9.64 Å². The molecule has 0 atom stereocenters. The summed E-state index contributed by atoms with van der Waals surface area (Å²) in [5.41, 5.74) is 1.49. The van der Waals surface area contributed by atoms with Crippen LogP contribution < -0.4 is 9.47 Å². The molecule has 1 saturated heterocycles. The standard InChI is InChI=1S/C21H23F3N2O3/c1-2-28-19-5-3-4-17(14-19)20(27)26-12-10-25(11-13-26)15-16-6-8-18(9-7-16)29-21(22,23)24/h3-9,14H,2,10-13,15H2,1H3. The minimum atomic E-state index is -4.69. The topological polar surface area (TPSA) is 42.0 Å². The van der Waals surface area contributed by atoms with Gasteiger partial charge in [-0.3, -0.25) is 9.69 Å². The maximum Gasteiger partial charge on any atom is 0.573 e. The van der Waals surface area contributed by atoms with Gasteiger partial charge in [0, 0.05) is 38.3 Å². The number of ether oxygens (including phenoxy) is 2. The number of amides is 1. The van der Waals surface area contributed by atoms with E-state index in [0.29, 0.717) is 50.6 Å². The summed E-state index contributed by atoms with van der Waals surface area (Å²) in [6, 6.07) is 13.0. The highest BCUT2D eigenvalue weighted by molar-refractivity contribution is 5.94. The molecule has 1 aliphatic rings. The fourth-order valence-corrected chi connectivity index (χ4v) is 3.23. The van der Waals surface area contributed by atoms with Crippen LogP contribution in [0.15, 0.2) is 48.5 Å². The maximum atomic E-state index is 12.7. The number of carbonyl (C=O) groups excluding carboxylic acids is 1. The van der Waals surface area contributed by atoms with Crippen LogP contribution in [0.2, 0.25) is 0 Å².